The third kappa shape index (κ3) is 2.08. The predicted molar refractivity (Wildman–Crippen MR) is 45.4 cm³/mol. The number of rotatable bonds is 4. The highest BCUT2D eigenvalue weighted by atomic mass is 16.1. The summed E-state index contributed by atoms with van der Waals surface area (Å²) in [4.78, 5) is 9.82. The van der Waals surface area contributed by atoms with E-state index in [1.54, 1.807) is 6.41 Å². The fourth-order valence-electron chi connectivity index (χ4n) is 1.11. The number of carbonyl (C=O) groups excluding carboxylic acids is 1. The quantitative estimate of drug-likeness (QED) is 0.511. The fraction of sp³-hybridized carbons (Fsp3) is 0.500. The smallest absolute Gasteiger partial charge is 0.309 e. The zero-order valence-corrected chi connectivity index (χ0v) is 7.29. The molecule has 0 aliphatic heterocycles. The highest BCUT2D eigenvalue weighted by molar-refractivity contribution is 5.46. The summed E-state index contributed by atoms with van der Waals surface area (Å²) in [6, 6.07) is 2.00. The van der Waals surface area contributed by atoms with Crippen molar-refractivity contribution in [2.75, 3.05) is 6.54 Å². The fourth-order valence-corrected chi connectivity index (χ4v) is 1.11. The molecule has 0 aliphatic rings. The summed E-state index contributed by atoms with van der Waals surface area (Å²) >= 11 is 0. The van der Waals surface area contributed by atoms with Crippen LogP contribution in [0.1, 0.15) is 11.4 Å². The van der Waals surface area contributed by atoms with Crippen molar-refractivity contribution >= 4 is 6.41 Å². The van der Waals surface area contributed by atoms with Gasteiger partial charge in [-0.15, -0.1) is 0 Å². The maximum atomic E-state index is 9.82. The maximum Gasteiger partial charge on any atom is 0.309 e. The lowest BCUT2D eigenvalue weighted by molar-refractivity contribution is 0.527. The molecule has 1 aromatic heterocycles. The Balaban J connectivity index is 2.50. The average Bonchev–Trinajstić information content (AvgIpc) is 2.31. The molecular weight excluding hydrogens is 154 g/mol. The lowest BCUT2D eigenvalue weighted by atomic mass is 10.4. The molecule has 4 nitrogen and oxygen atoms in total. The van der Waals surface area contributed by atoms with E-state index in [-0.39, 0.29) is 0 Å². The molecular formula is C8H12N3O. The largest absolute Gasteiger partial charge is 0.346 e. The maximum absolute atomic E-state index is 9.82. The van der Waals surface area contributed by atoms with Crippen LogP contribution in [0.5, 0.6) is 0 Å². The number of aryl methyl sites for hydroxylation is 2. The van der Waals surface area contributed by atoms with E-state index in [0.29, 0.717) is 13.1 Å². The second-order valence-corrected chi connectivity index (χ2v) is 2.68. The SMILES string of the molecule is Cc1cc(C)n(CCN[C]=O)n1. The normalized spacial score (nSPS) is 9.83. The van der Waals surface area contributed by atoms with Crippen LogP contribution in [0.25, 0.3) is 0 Å². The van der Waals surface area contributed by atoms with Crippen LogP contribution < -0.4 is 5.32 Å². The van der Waals surface area contributed by atoms with E-state index in [2.05, 4.69) is 10.4 Å². The van der Waals surface area contributed by atoms with Crippen molar-refractivity contribution in [1.29, 1.82) is 0 Å². The number of nitrogens with zero attached hydrogens (tertiary/aromatic N) is 2. The Bertz CT molecular complexity index is 267. The van der Waals surface area contributed by atoms with Crippen molar-refractivity contribution in [1.82, 2.24) is 15.1 Å². The van der Waals surface area contributed by atoms with Gasteiger partial charge in [0.15, 0.2) is 0 Å². The summed E-state index contributed by atoms with van der Waals surface area (Å²) in [6.07, 6.45) is 1.62. The molecule has 4 heteroatoms. The Kier molecular flexibility index (Phi) is 2.85. The highest BCUT2D eigenvalue weighted by Crippen LogP contribution is 2.00. The zero-order valence-electron chi connectivity index (χ0n) is 7.29. The van der Waals surface area contributed by atoms with Crippen LogP contribution in [-0.4, -0.2) is 22.7 Å². The Morgan fingerprint density at radius 1 is 1.67 bits per heavy atom. The van der Waals surface area contributed by atoms with Gasteiger partial charge in [0.05, 0.1) is 12.2 Å². The van der Waals surface area contributed by atoms with Gasteiger partial charge in [0.1, 0.15) is 0 Å². The molecule has 1 radical (unpaired) electrons. The molecule has 0 aromatic carbocycles. The first kappa shape index (κ1) is 8.77. The monoisotopic (exact) mass is 166 g/mol. The topological polar surface area (TPSA) is 46.9 Å². The van der Waals surface area contributed by atoms with Crippen LogP contribution in [0.3, 0.4) is 0 Å². The minimum absolute atomic E-state index is 0.575. The summed E-state index contributed by atoms with van der Waals surface area (Å²) < 4.78 is 1.86. The van der Waals surface area contributed by atoms with E-state index in [9.17, 15) is 4.79 Å². The van der Waals surface area contributed by atoms with Crippen LogP contribution in [0.4, 0.5) is 0 Å². The van der Waals surface area contributed by atoms with Crippen LogP contribution >= 0.6 is 0 Å². The van der Waals surface area contributed by atoms with Crippen LogP contribution in [0, 0.1) is 13.8 Å². The number of nitrogens with one attached hydrogen (secondary N) is 1. The minimum Gasteiger partial charge on any atom is -0.346 e. The third-order valence-corrected chi connectivity index (χ3v) is 1.62. The van der Waals surface area contributed by atoms with Gasteiger partial charge in [0.2, 0.25) is 0 Å². The van der Waals surface area contributed by atoms with E-state index < -0.39 is 0 Å². The lowest BCUT2D eigenvalue weighted by Gasteiger charge is -2.01. The molecule has 1 heterocycles. The molecule has 1 amide bonds. The first-order valence-corrected chi connectivity index (χ1v) is 3.85. The summed E-state index contributed by atoms with van der Waals surface area (Å²) in [7, 11) is 0. The van der Waals surface area contributed by atoms with Crippen molar-refractivity contribution in [3.8, 4) is 0 Å². The van der Waals surface area contributed by atoms with E-state index in [1.807, 2.05) is 24.6 Å². The van der Waals surface area contributed by atoms with Crippen molar-refractivity contribution < 1.29 is 4.79 Å². The van der Waals surface area contributed by atoms with Gasteiger partial charge in [-0.2, -0.15) is 5.10 Å². The first-order chi connectivity index (χ1) is 5.74. The minimum atomic E-state index is 0.575. The number of amides is 1. The predicted octanol–water partition coefficient (Wildman–Crippen LogP) is 0.157. The van der Waals surface area contributed by atoms with Gasteiger partial charge in [0, 0.05) is 12.2 Å². The Labute approximate surface area is 71.6 Å². The van der Waals surface area contributed by atoms with Crippen LogP contribution in [-0.2, 0) is 11.3 Å². The summed E-state index contributed by atoms with van der Waals surface area (Å²) in [5, 5.41) is 6.70. The van der Waals surface area contributed by atoms with E-state index >= 15 is 0 Å². The molecule has 1 rings (SSSR count). The molecule has 65 valence electrons. The van der Waals surface area contributed by atoms with Gasteiger partial charge >= 0.3 is 6.41 Å². The second kappa shape index (κ2) is 3.90. The van der Waals surface area contributed by atoms with Gasteiger partial charge < -0.3 is 5.32 Å². The van der Waals surface area contributed by atoms with Crippen molar-refractivity contribution in [2.24, 2.45) is 0 Å². The number of hydrogen-bond donors (Lipinski definition) is 1. The van der Waals surface area contributed by atoms with Gasteiger partial charge in [-0.05, 0) is 19.9 Å². The lowest BCUT2D eigenvalue weighted by Crippen LogP contribution is -2.19. The van der Waals surface area contributed by atoms with Gasteiger partial charge in [-0.3, -0.25) is 9.48 Å². The molecule has 1 aromatic rings. The van der Waals surface area contributed by atoms with E-state index in [0.717, 1.165) is 11.4 Å². The van der Waals surface area contributed by atoms with Crippen LogP contribution in [0.2, 0.25) is 0 Å². The first-order valence-electron chi connectivity index (χ1n) is 3.85. The molecule has 0 spiro atoms. The van der Waals surface area contributed by atoms with E-state index in [1.165, 1.54) is 0 Å². The molecule has 0 aliphatic carbocycles. The number of aromatic nitrogens is 2. The van der Waals surface area contributed by atoms with E-state index in [4.69, 9.17) is 0 Å². The molecule has 0 atom stereocenters. The summed E-state index contributed by atoms with van der Waals surface area (Å²) in [5.41, 5.74) is 2.11. The van der Waals surface area contributed by atoms with Gasteiger partial charge in [-0.1, -0.05) is 0 Å². The van der Waals surface area contributed by atoms with Crippen molar-refractivity contribution in [2.45, 2.75) is 20.4 Å². The molecule has 0 unspecified atom stereocenters. The van der Waals surface area contributed by atoms with Crippen LogP contribution in [0.15, 0.2) is 6.07 Å². The molecule has 0 saturated heterocycles. The summed E-state index contributed by atoms with van der Waals surface area (Å²) in [5.74, 6) is 0. The molecule has 0 fully saturated rings. The number of hydrogen-bond acceptors (Lipinski definition) is 2. The Morgan fingerprint density at radius 3 is 2.92 bits per heavy atom. The van der Waals surface area contributed by atoms with Gasteiger partial charge in [0.25, 0.3) is 0 Å². The zero-order chi connectivity index (χ0) is 8.97. The van der Waals surface area contributed by atoms with Gasteiger partial charge in [-0.25, -0.2) is 0 Å². The highest BCUT2D eigenvalue weighted by Gasteiger charge is 1.98. The Hall–Kier alpha value is -1.32. The molecule has 0 saturated carbocycles. The third-order valence-electron chi connectivity index (χ3n) is 1.62. The summed E-state index contributed by atoms with van der Waals surface area (Å²) in [6.45, 7) is 5.22. The molecule has 1 N–H and O–H groups in total. The molecule has 0 bridgehead atoms. The van der Waals surface area contributed by atoms with Crippen molar-refractivity contribution in [3.63, 3.8) is 0 Å². The second-order valence-electron chi connectivity index (χ2n) is 2.68. The Morgan fingerprint density at radius 2 is 2.42 bits per heavy atom. The average molecular weight is 166 g/mol. The standard InChI is InChI=1S/C8H12N3O/c1-7-5-8(2)11(10-7)4-3-9-6-12/h5H,3-4H2,1-2H3,(H,9,12). The molecule has 12 heavy (non-hydrogen) atoms. The van der Waals surface area contributed by atoms with Crippen molar-refractivity contribution in [3.05, 3.63) is 17.5 Å².